The van der Waals surface area contributed by atoms with E-state index in [9.17, 15) is 0 Å². The minimum Gasteiger partial charge on any atom is -0.497 e. The summed E-state index contributed by atoms with van der Waals surface area (Å²) in [6.45, 7) is 2.21. The van der Waals surface area contributed by atoms with Crippen LogP contribution in [0.5, 0.6) is 5.75 Å². The number of H-pyrrole nitrogens is 1. The summed E-state index contributed by atoms with van der Waals surface area (Å²) in [5.41, 5.74) is 2.43. The Kier molecular flexibility index (Phi) is 4.45. The van der Waals surface area contributed by atoms with E-state index in [1.807, 2.05) is 36.3 Å². The summed E-state index contributed by atoms with van der Waals surface area (Å²) in [7, 11) is 1.70. The fourth-order valence-corrected chi connectivity index (χ4v) is 4.31. The Labute approximate surface area is 146 Å². The van der Waals surface area contributed by atoms with Gasteiger partial charge in [-0.15, -0.1) is 0 Å². The zero-order chi connectivity index (χ0) is 16.4. The normalized spacial score (nSPS) is 16.5. The largest absolute Gasteiger partial charge is 0.497 e. The number of hydrogen-bond acceptors (Lipinski definition) is 4. The number of pyridine rings is 1. The molecular formula is C19H21N3OS. The lowest BCUT2D eigenvalue weighted by Crippen LogP contribution is -2.27. The maximum Gasteiger partial charge on any atom is 0.137 e. The van der Waals surface area contributed by atoms with Crippen molar-refractivity contribution in [3.8, 4) is 5.75 Å². The topological polar surface area (TPSA) is 41.1 Å². The molecule has 1 N–H and O–H groups in total. The molecule has 1 aliphatic heterocycles. The first-order valence-corrected chi connectivity index (χ1v) is 9.10. The van der Waals surface area contributed by atoms with Crippen LogP contribution in [0.25, 0.3) is 11.0 Å². The van der Waals surface area contributed by atoms with Gasteiger partial charge in [-0.05, 0) is 72.7 Å². The van der Waals surface area contributed by atoms with Gasteiger partial charge in [0, 0.05) is 35.8 Å². The van der Waals surface area contributed by atoms with Crippen LogP contribution in [-0.4, -0.2) is 34.5 Å². The van der Waals surface area contributed by atoms with Gasteiger partial charge in [0.2, 0.25) is 0 Å². The number of fused-ring (bicyclic) bond motifs is 1. The molecule has 0 spiro atoms. The zero-order valence-electron chi connectivity index (χ0n) is 13.7. The molecule has 0 atom stereocenters. The Bertz CT molecular complexity index is 807. The SMILES string of the molecule is COc1ccc(SN2CCC(c3c[nH]c4ncccc34)CC2)cc1. The maximum atomic E-state index is 5.22. The number of ether oxygens (including phenoxy) is 1. The molecule has 4 rings (SSSR count). The number of methoxy groups -OCH3 is 1. The second-order valence-electron chi connectivity index (χ2n) is 6.11. The first-order valence-electron chi connectivity index (χ1n) is 8.32. The van der Waals surface area contributed by atoms with Crippen molar-refractivity contribution >= 4 is 23.0 Å². The molecule has 0 saturated carbocycles. The van der Waals surface area contributed by atoms with E-state index in [0.717, 1.165) is 24.5 Å². The highest BCUT2D eigenvalue weighted by Crippen LogP contribution is 2.36. The molecule has 1 fully saturated rings. The fraction of sp³-hybridized carbons (Fsp3) is 0.316. The van der Waals surface area contributed by atoms with Gasteiger partial charge in [0.15, 0.2) is 0 Å². The zero-order valence-corrected chi connectivity index (χ0v) is 14.6. The van der Waals surface area contributed by atoms with Crippen molar-refractivity contribution in [2.75, 3.05) is 20.2 Å². The predicted molar refractivity (Wildman–Crippen MR) is 98.5 cm³/mol. The first-order chi connectivity index (χ1) is 11.8. The van der Waals surface area contributed by atoms with Crippen molar-refractivity contribution in [1.82, 2.24) is 14.3 Å². The Morgan fingerprint density at radius 3 is 2.71 bits per heavy atom. The van der Waals surface area contributed by atoms with Crippen molar-refractivity contribution in [2.45, 2.75) is 23.7 Å². The summed E-state index contributed by atoms with van der Waals surface area (Å²) in [6.07, 6.45) is 6.36. The number of benzene rings is 1. The Morgan fingerprint density at radius 1 is 1.17 bits per heavy atom. The lowest BCUT2D eigenvalue weighted by Gasteiger charge is -2.30. The van der Waals surface area contributed by atoms with Crippen LogP contribution in [0.1, 0.15) is 24.3 Å². The quantitative estimate of drug-likeness (QED) is 0.713. The van der Waals surface area contributed by atoms with Crippen molar-refractivity contribution in [3.63, 3.8) is 0 Å². The average molecular weight is 339 g/mol. The summed E-state index contributed by atoms with van der Waals surface area (Å²) in [5, 5.41) is 1.28. The predicted octanol–water partition coefficient (Wildman–Crippen LogP) is 4.46. The summed E-state index contributed by atoms with van der Waals surface area (Å²) in [5.74, 6) is 1.53. The van der Waals surface area contributed by atoms with E-state index in [4.69, 9.17) is 4.74 Å². The van der Waals surface area contributed by atoms with Gasteiger partial charge in [-0.25, -0.2) is 9.29 Å². The molecule has 24 heavy (non-hydrogen) atoms. The maximum absolute atomic E-state index is 5.22. The van der Waals surface area contributed by atoms with E-state index in [1.54, 1.807) is 7.11 Å². The number of nitrogens with zero attached hydrogens (tertiary/aromatic N) is 2. The third-order valence-corrected chi connectivity index (χ3v) is 5.78. The molecule has 0 bridgehead atoms. The first kappa shape index (κ1) is 15.5. The van der Waals surface area contributed by atoms with Gasteiger partial charge in [-0.1, -0.05) is 0 Å². The molecule has 2 aromatic heterocycles. The molecule has 3 aromatic rings. The average Bonchev–Trinajstić information content (AvgIpc) is 3.07. The molecule has 0 radical (unpaired) electrons. The fourth-order valence-electron chi connectivity index (χ4n) is 3.36. The summed E-state index contributed by atoms with van der Waals surface area (Å²) in [4.78, 5) is 8.98. The standard InChI is InChI=1S/C19H21N3OS/c1-23-15-4-6-16(7-5-15)24-22-11-8-14(9-12-22)18-13-21-19-17(18)3-2-10-20-19/h2-7,10,13-14H,8-9,11-12H2,1H3,(H,20,21). The van der Waals surface area contributed by atoms with Crippen LogP contribution in [0.15, 0.2) is 53.7 Å². The minimum absolute atomic E-state index is 0.621. The highest BCUT2D eigenvalue weighted by molar-refractivity contribution is 7.97. The monoisotopic (exact) mass is 339 g/mol. The van der Waals surface area contributed by atoms with Gasteiger partial charge in [-0.3, -0.25) is 0 Å². The number of piperidine rings is 1. The molecule has 3 heterocycles. The lowest BCUT2D eigenvalue weighted by atomic mass is 9.90. The van der Waals surface area contributed by atoms with Crippen LogP contribution in [0, 0.1) is 0 Å². The molecule has 1 aliphatic rings. The minimum atomic E-state index is 0.621. The molecule has 1 saturated heterocycles. The molecule has 5 heteroatoms. The van der Waals surface area contributed by atoms with Gasteiger partial charge in [0.25, 0.3) is 0 Å². The van der Waals surface area contributed by atoms with Crippen LogP contribution >= 0.6 is 11.9 Å². The molecule has 0 aliphatic carbocycles. The summed E-state index contributed by atoms with van der Waals surface area (Å²) in [6, 6.07) is 12.5. The Morgan fingerprint density at radius 2 is 1.96 bits per heavy atom. The lowest BCUT2D eigenvalue weighted by molar-refractivity contribution is 0.347. The van der Waals surface area contributed by atoms with E-state index in [2.05, 4.69) is 38.7 Å². The van der Waals surface area contributed by atoms with Crippen LogP contribution in [0.2, 0.25) is 0 Å². The number of nitrogens with one attached hydrogen (secondary N) is 1. The van der Waals surface area contributed by atoms with E-state index in [-0.39, 0.29) is 0 Å². The second kappa shape index (κ2) is 6.87. The third-order valence-electron chi connectivity index (χ3n) is 4.67. The van der Waals surface area contributed by atoms with Crippen LogP contribution in [0.4, 0.5) is 0 Å². The number of hydrogen-bond donors (Lipinski definition) is 1. The highest BCUT2D eigenvalue weighted by Gasteiger charge is 2.23. The van der Waals surface area contributed by atoms with Gasteiger partial charge < -0.3 is 9.72 Å². The van der Waals surface area contributed by atoms with E-state index >= 15 is 0 Å². The van der Waals surface area contributed by atoms with Crippen LogP contribution in [-0.2, 0) is 0 Å². The third kappa shape index (κ3) is 3.14. The molecule has 4 nitrogen and oxygen atoms in total. The number of aromatic nitrogens is 2. The van der Waals surface area contributed by atoms with Gasteiger partial charge in [-0.2, -0.15) is 0 Å². The number of aromatic amines is 1. The smallest absolute Gasteiger partial charge is 0.137 e. The summed E-state index contributed by atoms with van der Waals surface area (Å²) >= 11 is 1.84. The van der Waals surface area contributed by atoms with Gasteiger partial charge >= 0.3 is 0 Å². The van der Waals surface area contributed by atoms with Crippen molar-refractivity contribution in [2.24, 2.45) is 0 Å². The molecular weight excluding hydrogens is 318 g/mol. The van der Waals surface area contributed by atoms with Crippen molar-refractivity contribution in [1.29, 1.82) is 0 Å². The Hall–Kier alpha value is -1.98. The summed E-state index contributed by atoms with van der Waals surface area (Å²) < 4.78 is 7.68. The highest BCUT2D eigenvalue weighted by atomic mass is 32.2. The molecule has 1 aromatic carbocycles. The number of rotatable bonds is 4. The molecule has 0 amide bonds. The van der Waals surface area contributed by atoms with E-state index in [0.29, 0.717) is 5.92 Å². The van der Waals surface area contributed by atoms with E-state index < -0.39 is 0 Å². The van der Waals surface area contributed by atoms with Crippen molar-refractivity contribution in [3.05, 3.63) is 54.4 Å². The molecule has 0 unspecified atom stereocenters. The van der Waals surface area contributed by atoms with Gasteiger partial charge in [0.1, 0.15) is 11.4 Å². The van der Waals surface area contributed by atoms with Crippen LogP contribution < -0.4 is 4.74 Å². The van der Waals surface area contributed by atoms with Gasteiger partial charge in [0.05, 0.1) is 7.11 Å². The van der Waals surface area contributed by atoms with Crippen LogP contribution in [0.3, 0.4) is 0 Å². The molecule has 124 valence electrons. The van der Waals surface area contributed by atoms with E-state index in [1.165, 1.54) is 28.7 Å². The Balaban J connectivity index is 1.39. The van der Waals surface area contributed by atoms with Crippen molar-refractivity contribution < 1.29 is 4.74 Å². The second-order valence-corrected chi connectivity index (χ2v) is 7.28.